The van der Waals surface area contributed by atoms with Crippen molar-refractivity contribution in [3.63, 3.8) is 0 Å². The highest BCUT2D eigenvalue weighted by molar-refractivity contribution is 6.00. The van der Waals surface area contributed by atoms with Gasteiger partial charge in [-0.3, -0.25) is 0 Å². The highest BCUT2D eigenvalue weighted by atomic mass is 19.1. The molecule has 4 N–H and O–H groups in total. The van der Waals surface area contributed by atoms with E-state index in [0.717, 1.165) is 12.1 Å². The molecule has 6 nitrogen and oxygen atoms in total. The van der Waals surface area contributed by atoms with Gasteiger partial charge in [-0.2, -0.15) is 0 Å². The Hall–Kier alpha value is -2.31. The number of ether oxygens (including phenoxy) is 1. The first kappa shape index (κ1) is 11.8. The highest BCUT2D eigenvalue weighted by Gasteiger charge is 2.18. The first-order valence-corrected chi connectivity index (χ1v) is 4.10. The molecule has 0 aliphatic rings. The molecule has 0 fully saturated rings. The number of rotatable bonds is 3. The van der Waals surface area contributed by atoms with E-state index in [1.165, 1.54) is 7.11 Å². The average molecular weight is 228 g/mol. The topological polar surface area (TPSA) is 105 Å². The summed E-state index contributed by atoms with van der Waals surface area (Å²) in [5, 5.41) is 19.8. The Balaban J connectivity index is 3.46. The van der Waals surface area contributed by atoms with E-state index in [4.69, 9.17) is 16.0 Å². The molecule has 7 heteroatoms. The Morgan fingerprint density at radius 3 is 2.62 bits per heavy atom. The van der Waals surface area contributed by atoms with Gasteiger partial charge < -0.3 is 20.8 Å². The predicted octanol–water partition coefficient (Wildman–Crippen LogP) is 0.627. The summed E-state index contributed by atoms with van der Waals surface area (Å²) < 4.78 is 18.1. The Morgan fingerprint density at radius 1 is 1.56 bits per heavy atom. The number of aromatic carboxylic acids is 1. The maximum absolute atomic E-state index is 13.4. The van der Waals surface area contributed by atoms with Crippen LogP contribution in [0.5, 0.6) is 5.75 Å². The van der Waals surface area contributed by atoms with E-state index in [2.05, 4.69) is 9.89 Å². The van der Waals surface area contributed by atoms with Crippen molar-refractivity contribution in [2.24, 2.45) is 10.9 Å². The molecule has 0 saturated heterocycles. The predicted molar refractivity (Wildman–Crippen MR) is 52.4 cm³/mol. The van der Waals surface area contributed by atoms with Crippen molar-refractivity contribution in [1.82, 2.24) is 0 Å². The third-order valence-electron chi connectivity index (χ3n) is 1.89. The standard InChI is InChI=1S/C9H9FN2O4/c1-16-6-3-4(8(11)12-15)2-5(7(6)10)9(13)14/h2-3,15H,1H3,(H2,11,12)(H,13,14). The normalized spacial score (nSPS) is 11.2. The lowest BCUT2D eigenvalue weighted by Gasteiger charge is -2.07. The molecule has 86 valence electrons. The fourth-order valence-corrected chi connectivity index (χ4v) is 1.11. The zero-order chi connectivity index (χ0) is 12.3. The Bertz CT molecular complexity index is 459. The molecule has 0 atom stereocenters. The van der Waals surface area contributed by atoms with Crippen molar-refractivity contribution in [2.75, 3.05) is 7.11 Å². The second-order valence-corrected chi connectivity index (χ2v) is 2.83. The number of hydrogen-bond acceptors (Lipinski definition) is 4. The summed E-state index contributed by atoms with van der Waals surface area (Å²) in [5.41, 5.74) is 4.71. The maximum Gasteiger partial charge on any atom is 0.338 e. The van der Waals surface area contributed by atoms with Crippen LogP contribution < -0.4 is 10.5 Å². The number of nitrogens with zero attached hydrogens (tertiary/aromatic N) is 1. The number of oxime groups is 1. The molecular formula is C9H9FN2O4. The van der Waals surface area contributed by atoms with Crippen LogP contribution in [-0.2, 0) is 0 Å². The SMILES string of the molecule is COc1cc(/C(N)=N/O)cc(C(=O)O)c1F. The van der Waals surface area contributed by atoms with Crippen LogP contribution in [0.15, 0.2) is 17.3 Å². The molecule has 0 spiro atoms. The van der Waals surface area contributed by atoms with E-state index in [1.54, 1.807) is 0 Å². The molecule has 1 aromatic carbocycles. The fourth-order valence-electron chi connectivity index (χ4n) is 1.11. The van der Waals surface area contributed by atoms with Crippen LogP contribution in [0.1, 0.15) is 15.9 Å². The number of nitrogens with two attached hydrogens (primary N) is 1. The average Bonchev–Trinajstić information content (AvgIpc) is 2.27. The summed E-state index contributed by atoms with van der Waals surface area (Å²) in [7, 11) is 1.18. The number of hydrogen-bond donors (Lipinski definition) is 3. The molecule has 0 bridgehead atoms. The van der Waals surface area contributed by atoms with Crippen molar-refractivity contribution in [1.29, 1.82) is 0 Å². The summed E-state index contributed by atoms with van der Waals surface area (Å²) in [6.07, 6.45) is 0. The fraction of sp³-hybridized carbons (Fsp3) is 0.111. The lowest BCUT2D eigenvalue weighted by molar-refractivity contribution is 0.0691. The molecule has 0 aliphatic carbocycles. The van der Waals surface area contributed by atoms with Gasteiger partial charge in [-0.05, 0) is 12.1 Å². The molecule has 0 radical (unpaired) electrons. The number of methoxy groups -OCH3 is 1. The zero-order valence-electron chi connectivity index (χ0n) is 8.27. The van der Waals surface area contributed by atoms with Gasteiger partial charge in [-0.15, -0.1) is 0 Å². The van der Waals surface area contributed by atoms with Crippen molar-refractivity contribution < 1.29 is 24.2 Å². The highest BCUT2D eigenvalue weighted by Crippen LogP contribution is 2.22. The van der Waals surface area contributed by atoms with Gasteiger partial charge in [-0.25, -0.2) is 9.18 Å². The van der Waals surface area contributed by atoms with Crippen molar-refractivity contribution in [3.8, 4) is 5.75 Å². The zero-order valence-corrected chi connectivity index (χ0v) is 8.27. The number of benzene rings is 1. The van der Waals surface area contributed by atoms with E-state index in [1.807, 2.05) is 0 Å². The summed E-state index contributed by atoms with van der Waals surface area (Å²) >= 11 is 0. The Labute approximate surface area is 89.7 Å². The monoisotopic (exact) mass is 228 g/mol. The molecule has 0 heterocycles. The number of carboxylic acids is 1. The van der Waals surface area contributed by atoms with Gasteiger partial charge in [0, 0.05) is 5.56 Å². The van der Waals surface area contributed by atoms with Gasteiger partial charge in [0.25, 0.3) is 0 Å². The van der Waals surface area contributed by atoms with Crippen LogP contribution in [0.4, 0.5) is 4.39 Å². The minimum Gasteiger partial charge on any atom is -0.494 e. The van der Waals surface area contributed by atoms with Crippen LogP contribution in [0.3, 0.4) is 0 Å². The van der Waals surface area contributed by atoms with Crippen molar-refractivity contribution in [3.05, 3.63) is 29.1 Å². The van der Waals surface area contributed by atoms with Crippen molar-refractivity contribution in [2.45, 2.75) is 0 Å². The van der Waals surface area contributed by atoms with E-state index >= 15 is 0 Å². The van der Waals surface area contributed by atoms with Gasteiger partial charge in [0.2, 0.25) is 0 Å². The second kappa shape index (κ2) is 4.47. The third-order valence-corrected chi connectivity index (χ3v) is 1.89. The number of amidine groups is 1. The van der Waals surface area contributed by atoms with Crippen LogP contribution in [0, 0.1) is 5.82 Å². The Kier molecular flexibility index (Phi) is 3.29. The van der Waals surface area contributed by atoms with E-state index in [0.29, 0.717) is 0 Å². The molecule has 0 aliphatic heterocycles. The van der Waals surface area contributed by atoms with Gasteiger partial charge in [-0.1, -0.05) is 5.16 Å². The largest absolute Gasteiger partial charge is 0.494 e. The Morgan fingerprint density at radius 2 is 2.19 bits per heavy atom. The molecule has 0 aromatic heterocycles. The molecule has 1 rings (SSSR count). The van der Waals surface area contributed by atoms with Gasteiger partial charge in [0.15, 0.2) is 17.4 Å². The van der Waals surface area contributed by atoms with E-state index < -0.39 is 17.3 Å². The van der Waals surface area contributed by atoms with Crippen molar-refractivity contribution >= 4 is 11.8 Å². The summed E-state index contributed by atoms with van der Waals surface area (Å²) in [5.74, 6) is -3.10. The number of carboxylic acid groups (broad SMARTS) is 1. The van der Waals surface area contributed by atoms with Gasteiger partial charge in [0.1, 0.15) is 0 Å². The van der Waals surface area contributed by atoms with Gasteiger partial charge >= 0.3 is 5.97 Å². The lowest BCUT2D eigenvalue weighted by Crippen LogP contribution is -2.15. The van der Waals surface area contributed by atoms with Crippen LogP contribution >= 0.6 is 0 Å². The van der Waals surface area contributed by atoms with Crippen LogP contribution in [0.25, 0.3) is 0 Å². The summed E-state index contributed by atoms with van der Waals surface area (Å²) in [6, 6.07) is 2.09. The minimum atomic E-state index is -1.47. The quantitative estimate of drug-likeness (QED) is 0.304. The minimum absolute atomic E-state index is 0.0538. The smallest absolute Gasteiger partial charge is 0.338 e. The summed E-state index contributed by atoms with van der Waals surface area (Å²) in [4.78, 5) is 10.7. The molecule has 0 unspecified atom stereocenters. The first-order chi connectivity index (χ1) is 7.51. The maximum atomic E-state index is 13.4. The molecule has 1 aromatic rings. The molecule has 0 amide bonds. The van der Waals surface area contributed by atoms with E-state index in [9.17, 15) is 9.18 Å². The summed E-state index contributed by atoms with van der Waals surface area (Å²) in [6.45, 7) is 0. The first-order valence-electron chi connectivity index (χ1n) is 4.10. The van der Waals surface area contributed by atoms with E-state index in [-0.39, 0.29) is 17.1 Å². The molecular weight excluding hydrogens is 219 g/mol. The number of halogens is 1. The second-order valence-electron chi connectivity index (χ2n) is 2.83. The van der Waals surface area contributed by atoms with Crippen LogP contribution in [-0.4, -0.2) is 29.2 Å². The molecule has 16 heavy (non-hydrogen) atoms. The number of carbonyl (C=O) groups is 1. The lowest BCUT2D eigenvalue weighted by atomic mass is 10.1. The van der Waals surface area contributed by atoms with Crippen LogP contribution in [0.2, 0.25) is 0 Å². The molecule has 0 saturated carbocycles. The third kappa shape index (κ3) is 2.02. The van der Waals surface area contributed by atoms with Gasteiger partial charge in [0.05, 0.1) is 12.7 Å².